The summed E-state index contributed by atoms with van der Waals surface area (Å²) in [4.78, 5) is 0. The third kappa shape index (κ3) is 5.73. The minimum atomic E-state index is -3.70. The number of aromatic nitrogens is 2. The number of aryl methyl sites for hydroxylation is 1. The Bertz CT molecular complexity index is 845. The predicted molar refractivity (Wildman–Crippen MR) is 82.8 cm³/mol. The Balaban J connectivity index is 1.95. The van der Waals surface area contributed by atoms with Crippen LogP contribution in [-0.2, 0) is 32.0 Å². The van der Waals surface area contributed by atoms with Gasteiger partial charge in [0.05, 0.1) is 12.0 Å². The number of hydrogen-bond acceptors (Lipinski definition) is 7. The van der Waals surface area contributed by atoms with Gasteiger partial charge in [0, 0.05) is 13.0 Å². The van der Waals surface area contributed by atoms with E-state index in [1.54, 1.807) is 30.3 Å². The second kappa shape index (κ2) is 7.20. The predicted octanol–water partition coefficient (Wildman–Crippen LogP) is 0.525. The largest absolute Gasteiger partial charge is 0.413 e. The molecule has 0 aliphatic heterocycles. The smallest absolute Gasteiger partial charge is 0.335 e. The molecule has 0 saturated heterocycles. The van der Waals surface area contributed by atoms with Gasteiger partial charge >= 0.3 is 5.22 Å². The molecule has 0 atom stereocenters. The van der Waals surface area contributed by atoms with Gasteiger partial charge in [-0.05, 0) is 12.0 Å². The summed E-state index contributed by atoms with van der Waals surface area (Å²) in [6.07, 6.45) is 1.78. The van der Waals surface area contributed by atoms with E-state index in [1.165, 1.54) is 0 Å². The molecule has 0 aliphatic carbocycles. The molecule has 10 heteroatoms. The Morgan fingerprint density at radius 1 is 1.09 bits per heavy atom. The van der Waals surface area contributed by atoms with Gasteiger partial charge in [0.1, 0.15) is 0 Å². The zero-order chi connectivity index (χ0) is 16.9. The standard InChI is InChI=1S/C13H17N3O5S2/c1-22(17,18)14-9-5-8-12-15-16-13(21-12)23(19,20)10-11-6-3-2-4-7-11/h2-4,6-7,14H,5,8-10H2,1H3. The summed E-state index contributed by atoms with van der Waals surface area (Å²) < 4.78 is 53.7. The zero-order valence-corrected chi connectivity index (χ0v) is 14.1. The number of rotatable bonds is 8. The van der Waals surface area contributed by atoms with Gasteiger partial charge in [0.25, 0.3) is 0 Å². The van der Waals surface area contributed by atoms with Crippen LogP contribution >= 0.6 is 0 Å². The highest BCUT2D eigenvalue weighted by atomic mass is 32.2. The Morgan fingerprint density at radius 3 is 2.43 bits per heavy atom. The van der Waals surface area contributed by atoms with Crippen LogP contribution in [0.4, 0.5) is 0 Å². The van der Waals surface area contributed by atoms with Crippen LogP contribution < -0.4 is 4.72 Å². The highest BCUT2D eigenvalue weighted by Gasteiger charge is 2.22. The van der Waals surface area contributed by atoms with Gasteiger partial charge in [-0.1, -0.05) is 35.4 Å². The molecule has 2 aromatic rings. The average molecular weight is 359 g/mol. The van der Waals surface area contributed by atoms with Gasteiger partial charge in [-0.3, -0.25) is 0 Å². The van der Waals surface area contributed by atoms with E-state index in [0.29, 0.717) is 12.0 Å². The molecule has 1 aromatic carbocycles. The van der Waals surface area contributed by atoms with E-state index in [9.17, 15) is 16.8 Å². The first-order valence-electron chi connectivity index (χ1n) is 6.80. The molecule has 0 radical (unpaired) electrons. The molecular formula is C13H17N3O5S2. The van der Waals surface area contributed by atoms with E-state index in [2.05, 4.69) is 14.9 Å². The van der Waals surface area contributed by atoms with Crippen LogP contribution in [0.2, 0.25) is 0 Å². The van der Waals surface area contributed by atoms with Crippen molar-refractivity contribution in [2.75, 3.05) is 12.8 Å². The van der Waals surface area contributed by atoms with Crippen molar-refractivity contribution in [3.63, 3.8) is 0 Å². The van der Waals surface area contributed by atoms with Crippen LogP contribution in [0, 0.1) is 0 Å². The quantitative estimate of drug-likeness (QED) is 0.683. The Morgan fingerprint density at radius 2 is 1.78 bits per heavy atom. The number of sulfone groups is 1. The molecule has 0 unspecified atom stereocenters. The molecule has 1 N–H and O–H groups in total. The average Bonchev–Trinajstić information content (AvgIpc) is 2.93. The molecular weight excluding hydrogens is 342 g/mol. The molecule has 0 bridgehead atoms. The van der Waals surface area contributed by atoms with Gasteiger partial charge < -0.3 is 4.42 Å². The van der Waals surface area contributed by atoms with Crippen molar-refractivity contribution >= 4 is 19.9 Å². The first-order valence-corrected chi connectivity index (χ1v) is 10.3. The molecule has 0 fully saturated rings. The van der Waals surface area contributed by atoms with E-state index < -0.39 is 25.1 Å². The van der Waals surface area contributed by atoms with Crippen molar-refractivity contribution in [3.8, 4) is 0 Å². The van der Waals surface area contributed by atoms with Crippen LogP contribution in [-0.4, -0.2) is 39.8 Å². The monoisotopic (exact) mass is 359 g/mol. The SMILES string of the molecule is CS(=O)(=O)NCCCc1nnc(S(=O)(=O)Cc2ccccc2)o1. The fraction of sp³-hybridized carbons (Fsp3) is 0.385. The number of benzene rings is 1. The first-order chi connectivity index (χ1) is 10.8. The van der Waals surface area contributed by atoms with Crippen LogP contribution in [0.25, 0.3) is 0 Å². The fourth-order valence-electron chi connectivity index (χ4n) is 1.82. The first kappa shape index (κ1) is 17.6. The Hall–Kier alpha value is -1.78. The number of nitrogens with one attached hydrogen (secondary N) is 1. The Kier molecular flexibility index (Phi) is 5.50. The van der Waals surface area contributed by atoms with Crippen molar-refractivity contribution < 1.29 is 21.3 Å². The molecule has 0 spiro atoms. The lowest BCUT2D eigenvalue weighted by molar-refractivity contribution is 0.393. The molecule has 23 heavy (non-hydrogen) atoms. The number of nitrogens with zero attached hydrogens (tertiary/aromatic N) is 2. The van der Waals surface area contributed by atoms with Crippen LogP contribution in [0.3, 0.4) is 0 Å². The summed E-state index contributed by atoms with van der Waals surface area (Å²) in [6, 6.07) is 8.70. The zero-order valence-electron chi connectivity index (χ0n) is 12.5. The lowest BCUT2D eigenvalue weighted by atomic mass is 10.2. The van der Waals surface area contributed by atoms with Crippen molar-refractivity contribution in [2.24, 2.45) is 0 Å². The second-order valence-corrected chi connectivity index (χ2v) is 8.68. The second-order valence-electron chi connectivity index (χ2n) is 4.98. The van der Waals surface area contributed by atoms with E-state index in [1.807, 2.05) is 0 Å². The van der Waals surface area contributed by atoms with E-state index in [4.69, 9.17) is 4.42 Å². The van der Waals surface area contributed by atoms with E-state index in [0.717, 1.165) is 6.26 Å². The van der Waals surface area contributed by atoms with Crippen molar-refractivity contribution in [2.45, 2.75) is 23.8 Å². The van der Waals surface area contributed by atoms with Crippen molar-refractivity contribution in [1.29, 1.82) is 0 Å². The van der Waals surface area contributed by atoms with Crippen LogP contribution in [0.15, 0.2) is 40.0 Å². The lowest BCUT2D eigenvalue weighted by Gasteiger charge is -2.00. The highest BCUT2D eigenvalue weighted by molar-refractivity contribution is 7.90. The van der Waals surface area contributed by atoms with Gasteiger partial charge in [0.15, 0.2) is 0 Å². The molecule has 0 saturated carbocycles. The van der Waals surface area contributed by atoms with Crippen molar-refractivity contribution in [1.82, 2.24) is 14.9 Å². The summed E-state index contributed by atoms with van der Waals surface area (Å²) in [5, 5.41) is 6.83. The number of sulfonamides is 1. The summed E-state index contributed by atoms with van der Waals surface area (Å²) in [7, 11) is -6.94. The Labute approximate surface area is 134 Å². The minimum Gasteiger partial charge on any atom is -0.413 e. The third-order valence-electron chi connectivity index (χ3n) is 2.85. The maximum atomic E-state index is 12.2. The summed E-state index contributed by atoms with van der Waals surface area (Å²) >= 11 is 0. The highest BCUT2D eigenvalue weighted by Crippen LogP contribution is 2.15. The van der Waals surface area contributed by atoms with Crippen molar-refractivity contribution in [3.05, 3.63) is 41.8 Å². The molecule has 8 nitrogen and oxygen atoms in total. The fourth-order valence-corrected chi connectivity index (χ4v) is 3.48. The van der Waals surface area contributed by atoms with Gasteiger partial charge in [-0.25, -0.2) is 21.6 Å². The minimum absolute atomic E-state index is 0.159. The molecule has 0 aliphatic rings. The molecule has 2 rings (SSSR count). The van der Waals surface area contributed by atoms with Crippen LogP contribution in [0.5, 0.6) is 0 Å². The third-order valence-corrected chi connectivity index (χ3v) is 4.98. The van der Waals surface area contributed by atoms with Crippen LogP contribution in [0.1, 0.15) is 17.9 Å². The maximum absolute atomic E-state index is 12.2. The molecule has 1 heterocycles. The maximum Gasteiger partial charge on any atom is 0.335 e. The van der Waals surface area contributed by atoms with E-state index in [-0.39, 0.29) is 24.6 Å². The van der Waals surface area contributed by atoms with E-state index >= 15 is 0 Å². The molecule has 1 aromatic heterocycles. The lowest BCUT2D eigenvalue weighted by Crippen LogP contribution is -2.23. The normalized spacial score (nSPS) is 12.4. The number of hydrogen-bond donors (Lipinski definition) is 1. The topological polar surface area (TPSA) is 119 Å². The van der Waals surface area contributed by atoms with Gasteiger partial charge in [-0.15, -0.1) is 5.10 Å². The molecule has 126 valence electrons. The summed E-state index contributed by atoms with van der Waals surface area (Å²) in [6.45, 7) is 0.216. The van der Waals surface area contributed by atoms with Gasteiger partial charge in [0.2, 0.25) is 25.8 Å². The summed E-state index contributed by atoms with van der Waals surface area (Å²) in [5.41, 5.74) is 0.629. The summed E-state index contributed by atoms with van der Waals surface area (Å²) in [5.74, 6) is -0.0580. The van der Waals surface area contributed by atoms with Gasteiger partial charge in [-0.2, -0.15) is 0 Å². The molecule has 0 amide bonds.